The van der Waals surface area contributed by atoms with Crippen molar-refractivity contribution in [3.05, 3.63) is 45.2 Å². The summed E-state index contributed by atoms with van der Waals surface area (Å²) in [5.74, 6) is 1.04. The molecule has 0 radical (unpaired) electrons. The molecule has 0 bridgehead atoms. The second-order valence-electron chi connectivity index (χ2n) is 7.92. The van der Waals surface area contributed by atoms with Crippen molar-refractivity contribution in [1.82, 2.24) is 14.3 Å². The monoisotopic (exact) mass is 428 g/mol. The molecule has 0 spiro atoms. The Balaban J connectivity index is 1.88. The molecule has 2 aromatic rings. The lowest BCUT2D eigenvalue weighted by atomic mass is 10.00. The molecular weight excluding hydrogens is 404 g/mol. The number of piperidine rings is 1. The molecule has 152 valence electrons. The fourth-order valence-corrected chi connectivity index (χ4v) is 5.40. The Morgan fingerprint density at radius 1 is 1.31 bits per heavy atom. The second kappa shape index (κ2) is 7.91. The smallest absolute Gasteiger partial charge is 0.267 e. The number of anilines is 1. The van der Waals surface area contributed by atoms with Crippen molar-refractivity contribution in [3.8, 4) is 0 Å². The average molecular weight is 429 g/mol. The highest BCUT2D eigenvalue weighted by Gasteiger charge is 2.34. The molecule has 1 atom stereocenters. The topological polar surface area (TPSA) is 57.9 Å². The van der Waals surface area contributed by atoms with Crippen molar-refractivity contribution in [3.63, 3.8) is 0 Å². The number of pyridine rings is 1. The van der Waals surface area contributed by atoms with Crippen LogP contribution < -0.4 is 10.5 Å². The van der Waals surface area contributed by atoms with Crippen molar-refractivity contribution in [1.29, 1.82) is 0 Å². The normalized spacial score (nSPS) is 21.8. The van der Waals surface area contributed by atoms with Crippen molar-refractivity contribution in [2.24, 2.45) is 5.92 Å². The standard InChI is InChI=1S/C21H24N4O2S2/c1-13(2)25-20(27)16(29-21(25)28)11-15-18(23-9-6-7-14(3)12-23)22-17-8-4-5-10-24(17)19(15)26/h4-5,8,10-11,13-14H,6-7,9,12H2,1-3H3/b16-11-/t14-/m0/s1. The number of carbonyl (C=O) groups excluding carboxylic acids is 1. The van der Waals surface area contributed by atoms with Crippen LogP contribution in [0.3, 0.4) is 0 Å². The zero-order valence-electron chi connectivity index (χ0n) is 16.8. The van der Waals surface area contributed by atoms with Gasteiger partial charge in [-0.25, -0.2) is 4.98 Å². The van der Waals surface area contributed by atoms with Gasteiger partial charge in [-0.3, -0.25) is 18.9 Å². The van der Waals surface area contributed by atoms with Gasteiger partial charge in [0, 0.05) is 25.3 Å². The highest BCUT2D eigenvalue weighted by Crippen LogP contribution is 2.35. The van der Waals surface area contributed by atoms with Gasteiger partial charge < -0.3 is 4.90 Å². The molecule has 4 heterocycles. The van der Waals surface area contributed by atoms with Gasteiger partial charge in [-0.1, -0.05) is 37.0 Å². The third-order valence-electron chi connectivity index (χ3n) is 5.32. The summed E-state index contributed by atoms with van der Waals surface area (Å²) in [6, 6.07) is 5.49. The minimum absolute atomic E-state index is 0.0216. The van der Waals surface area contributed by atoms with Crippen LogP contribution in [0.15, 0.2) is 34.1 Å². The lowest BCUT2D eigenvalue weighted by Crippen LogP contribution is -2.37. The first-order valence-electron chi connectivity index (χ1n) is 9.90. The third kappa shape index (κ3) is 3.71. The van der Waals surface area contributed by atoms with E-state index in [0.29, 0.717) is 32.2 Å². The molecule has 4 rings (SSSR count). The molecule has 6 nitrogen and oxygen atoms in total. The Morgan fingerprint density at radius 2 is 2.10 bits per heavy atom. The first kappa shape index (κ1) is 20.1. The van der Waals surface area contributed by atoms with E-state index in [1.54, 1.807) is 23.2 Å². The van der Waals surface area contributed by atoms with Crippen molar-refractivity contribution in [2.45, 2.75) is 39.7 Å². The first-order chi connectivity index (χ1) is 13.9. The minimum atomic E-state index is -0.168. The number of hydrogen-bond donors (Lipinski definition) is 0. The predicted octanol–water partition coefficient (Wildman–Crippen LogP) is 3.54. The van der Waals surface area contributed by atoms with Gasteiger partial charge >= 0.3 is 0 Å². The Hall–Kier alpha value is -2.19. The van der Waals surface area contributed by atoms with Crippen molar-refractivity contribution < 1.29 is 4.79 Å². The van der Waals surface area contributed by atoms with E-state index in [0.717, 1.165) is 19.5 Å². The summed E-state index contributed by atoms with van der Waals surface area (Å²) in [5.41, 5.74) is 0.892. The minimum Gasteiger partial charge on any atom is -0.356 e. The van der Waals surface area contributed by atoms with Crippen LogP contribution in [0.5, 0.6) is 0 Å². The molecule has 0 unspecified atom stereocenters. The van der Waals surface area contributed by atoms with Crippen LogP contribution >= 0.6 is 24.0 Å². The molecule has 2 fully saturated rings. The second-order valence-corrected chi connectivity index (χ2v) is 9.60. The zero-order chi connectivity index (χ0) is 20.7. The van der Waals surface area contributed by atoms with Crippen LogP contribution in [0.25, 0.3) is 11.7 Å². The maximum absolute atomic E-state index is 13.3. The van der Waals surface area contributed by atoms with E-state index in [2.05, 4.69) is 11.8 Å². The molecule has 8 heteroatoms. The van der Waals surface area contributed by atoms with E-state index in [1.165, 1.54) is 22.6 Å². The fraction of sp³-hybridized carbons (Fsp3) is 0.429. The van der Waals surface area contributed by atoms with E-state index < -0.39 is 0 Å². The number of carbonyl (C=O) groups is 1. The van der Waals surface area contributed by atoms with Gasteiger partial charge in [0.25, 0.3) is 11.5 Å². The van der Waals surface area contributed by atoms with Gasteiger partial charge in [-0.15, -0.1) is 0 Å². The predicted molar refractivity (Wildman–Crippen MR) is 122 cm³/mol. The summed E-state index contributed by atoms with van der Waals surface area (Å²) < 4.78 is 2.06. The van der Waals surface area contributed by atoms with Gasteiger partial charge in [0.05, 0.1) is 10.5 Å². The number of thiocarbonyl (C=S) groups is 1. The Labute approximate surface area is 179 Å². The summed E-state index contributed by atoms with van der Waals surface area (Å²) in [7, 11) is 0. The molecule has 0 N–H and O–H groups in total. The van der Waals surface area contributed by atoms with E-state index in [9.17, 15) is 9.59 Å². The third-order valence-corrected chi connectivity index (χ3v) is 6.65. The highest BCUT2D eigenvalue weighted by molar-refractivity contribution is 8.26. The van der Waals surface area contributed by atoms with Crippen LogP contribution in [0.1, 0.15) is 39.2 Å². The summed E-state index contributed by atoms with van der Waals surface area (Å²) in [4.78, 5) is 35.3. The zero-order valence-corrected chi connectivity index (χ0v) is 18.4. The van der Waals surface area contributed by atoms with Crippen LogP contribution in [-0.2, 0) is 4.79 Å². The molecular formula is C21H24N4O2S2. The van der Waals surface area contributed by atoms with E-state index >= 15 is 0 Å². The maximum Gasteiger partial charge on any atom is 0.267 e. The average Bonchev–Trinajstić information content (AvgIpc) is 2.97. The highest BCUT2D eigenvalue weighted by atomic mass is 32.2. The number of nitrogens with zero attached hydrogens (tertiary/aromatic N) is 4. The van der Waals surface area contributed by atoms with Gasteiger partial charge in [0.2, 0.25) is 0 Å². The number of aromatic nitrogens is 2. The van der Waals surface area contributed by atoms with Crippen LogP contribution in [0, 0.1) is 5.92 Å². The molecule has 2 aromatic heterocycles. The molecule has 29 heavy (non-hydrogen) atoms. The Morgan fingerprint density at radius 3 is 2.79 bits per heavy atom. The maximum atomic E-state index is 13.3. The van der Waals surface area contributed by atoms with Crippen LogP contribution in [0.2, 0.25) is 0 Å². The molecule has 1 amide bonds. The van der Waals surface area contributed by atoms with Gasteiger partial charge in [0.15, 0.2) is 0 Å². The lowest BCUT2D eigenvalue weighted by molar-refractivity contribution is -0.123. The van der Waals surface area contributed by atoms with Crippen molar-refractivity contribution >= 4 is 51.7 Å². The summed E-state index contributed by atoms with van der Waals surface area (Å²) >= 11 is 6.64. The Bertz CT molecular complexity index is 1080. The van der Waals surface area contributed by atoms with Crippen molar-refractivity contribution in [2.75, 3.05) is 18.0 Å². The number of thioether (sulfide) groups is 1. The summed E-state index contributed by atoms with van der Waals surface area (Å²) in [6.45, 7) is 7.78. The molecule has 2 aliphatic rings. The molecule has 0 aromatic carbocycles. The fourth-order valence-electron chi connectivity index (χ4n) is 3.90. The van der Waals surface area contributed by atoms with E-state index in [-0.39, 0.29) is 17.5 Å². The molecule has 0 aliphatic carbocycles. The van der Waals surface area contributed by atoms with Gasteiger partial charge in [0.1, 0.15) is 15.8 Å². The SMILES string of the molecule is CC(C)N1C(=O)/C(=C/c2c(N3CCC[C@H](C)C3)nc3ccccn3c2=O)SC1=S. The van der Waals surface area contributed by atoms with Gasteiger partial charge in [-0.05, 0) is 50.8 Å². The van der Waals surface area contributed by atoms with Gasteiger partial charge in [-0.2, -0.15) is 0 Å². The largest absolute Gasteiger partial charge is 0.356 e. The number of amides is 1. The number of rotatable bonds is 3. The van der Waals surface area contributed by atoms with E-state index in [1.807, 2.05) is 26.0 Å². The quantitative estimate of drug-likeness (QED) is 0.551. The van der Waals surface area contributed by atoms with Crippen LogP contribution in [-0.4, -0.2) is 43.6 Å². The molecule has 2 saturated heterocycles. The number of hydrogen-bond acceptors (Lipinski definition) is 6. The lowest BCUT2D eigenvalue weighted by Gasteiger charge is -2.32. The molecule has 0 saturated carbocycles. The molecule has 2 aliphatic heterocycles. The summed E-state index contributed by atoms with van der Waals surface area (Å²) in [6.07, 6.45) is 5.63. The number of fused-ring (bicyclic) bond motifs is 1. The first-order valence-corrected chi connectivity index (χ1v) is 11.1. The summed E-state index contributed by atoms with van der Waals surface area (Å²) in [5, 5.41) is 0. The van der Waals surface area contributed by atoms with E-state index in [4.69, 9.17) is 17.2 Å². The van der Waals surface area contributed by atoms with Crippen LogP contribution in [0.4, 0.5) is 5.82 Å². The Kier molecular flexibility index (Phi) is 5.48.